The highest BCUT2D eigenvalue weighted by molar-refractivity contribution is 5.30. The van der Waals surface area contributed by atoms with Crippen molar-refractivity contribution in [2.24, 2.45) is 61.6 Å². The zero-order chi connectivity index (χ0) is 24.6. The van der Waals surface area contributed by atoms with E-state index in [1.54, 1.807) is 0 Å². The molecular formula is C33H56O. The van der Waals surface area contributed by atoms with Crippen LogP contribution in [0.25, 0.3) is 0 Å². The molecule has 194 valence electrons. The Hall–Kier alpha value is -0.0400. The summed E-state index contributed by atoms with van der Waals surface area (Å²) in [5.41, 5.74) is 3.65. The maximum absolute atomic E-state index is 10.9. The molecule has 0 aromatic rings. The molecular weight excluding hydrogens is 412 g/mol. The molecule has 0 bridgehead atoms. The molecule has 1 nitrogen and oxygen atoms in total. The molecule has 34 heavy (non-hydrogen) atoms. The van der Waals surface area contributed by atoms with Gasteiger partial charge in [-0.3, -0.25) is 0 Å². The van der Waals surface area contributed by atoms with Crippen LogP contribution in [-0.2, 0) is 0 Å². The van der Waals surface area contributed by atoms with Gasteiger partial charge < -0.3 is 5.11 Å². The Labute approximate surface area is 211 Å². The lowest BCUT2D eigenvalue weighted by molar-refractivity contribution is -0.161. The number of aliphatic hydroxyl groups excluding tert-OH is 1. The van der Waals surface area contributed by atoms with E-state index in [-0.39, 0.29) is 11.5 Å². The fourth-order valence-corrected chi connectivity index (χ4v) is 12.8. The molecule has 2 spiro atoms. The third kappa shape index (κ3) is 2.63. The molecule has 6 rings (SSSR count). The van der Waals surface area contributed by atoms with Crippen LogP contribution >= 0.6 is 0 Å². The number of hydrogen-bond acceptors (Lipinski definition) is 1. The summed E-state index contributed by atoms with van der Waals surface area (Å²) >= 11 is 0. The number of rotatable bonds is 5. The zero-order valence-corrected chi connectivity index (χ0v) is 24.0. The lowest BCUT2D eigenvalue weighted by Gasteiger charge is -2.63. The molecule has 6 fully saturated rings. The van der Waals surface area contributed by atoms with E-state index in [9.17, 15) is 5.11 Å². The Morgan fingerprint density at radius 3 is 2.09 bits per heavy atom. The Kier molecular flexibility index (Phi) is 4.92. The van der Waals surface area contributed by atoms with Gasteiger partial charge in [0.05, 0.1) is 6.10 Å². The third-order valence-corrected chi connectivity index (χ3v) is 15.9. The Morgan fingerprint density at radius 1 is 0.735 bits per heavy atom. The Balaban J connectivity index is 1.22. The van der Waals surface area contributed by atoms with Gasteiger partial charge in [0.1, 0.15) is 0 Å². The zero-order valence-electron chi connectivity index (χ0n) is 24.0. The van der Waals surface area contributed by atoms with Gasteiger partial charge in [-0.1, -0.05) is 61.8 Å². The summed E-state index contributed by atoms with van der Waals surface area (Å²) in [4.78, 5) is 0. The highest BCUT2D eigenvalue weighted by atomic mass is 16.3. The maximum atomic E-state index is 10.9. The van der Waals surface area contributed by atoms with E-state index in [1.807, 2.05) is 0 Å². The fourth-order valence-electron chi connectivity index (χ4n) is 12.8. The molecule has 6 saturated carbocycles. The van der Waals surface area contributed by atoms with Crippen LogP contribution in [0.1, 0.15) is 139 Å². The molecule has 6 aliphatic rings. The van der Waals surface area contributed by atoms with E-state index in [1.165, 1.54) is 77.0 Å². The molecule has 11 atom stereocenters. The largest absolute Gasteiger partial charge is 0.393 e. The first-order valence-electron chi connectivity index (χ1n) is 15.4. The Morgan fingerprint density at radius 2 is 1.41 bits per heavy atom. The minimum atomic E-state index is -0.0821. The van der Waals surface area contributed by atoms with Crippen LogP contribution in [0.4, 0.5) is 0 Å². The summed E-state index contributed by atoms with van der Waals surface area (Å²) in [5, 5.41) is 10.9. The highest BCUT2D eigenvalue weighted by Crippen LogP contribution is 2.89. The molecule has 11 unspecified atom stereocenters. The average Bonchev–Trinajstić information content (AvgIpc) is 3.58. The molecule has 1 heteroatoms. The summed E-state index contributed by atoms with van der Waals surface area (Å²) in [5.74, 6) is 3.52. The molecule has 0 amide bonds. The van der Waals surface area contributed by atoms with Crippen molar-refractivity contribution >= 4 is 0 Å². The van der Waals surface area contributed by atoms with Crippen molar-refractivity contribution in [1.82, 2.24) is 0 Å². The monoisotopic (exact) mass is 468 g/mol. The van der Waals surface area contributed by atoms with Gasteiger partial charge in [0.25, 0.3) is 0 Å². The molecule has 0 saturated heterocycles. The van der Waals surface area contributed by atoms with Crippen molar-refractivity contribution in [2.45, 2.75) is 145 Å². The van der Waals surface area contributed by atoms with Crippen molar-refractivity contribution in [3.05, 3.63) is 0 Å². The number of hydrogen-bond donors (Lipinski definition) is 1. The van der Waals surface area contributed by atoms with Gasteiger partial charge in [0.2, 0.25) is 0 Å². The van der Waals surface area contributed by atoms with Crippen LogP contribution in [0, 0.1) is 61.6 Å². The van der Waals surface area contributed by atoms with E-state index in [4.69, 9.17) is 0 Å². The second-order valence-corrected chi connectivity index (χ2v) is 16.7. The highest BCUT2D eigenvalue weighted by Gasteiger charge is 2.82. The number of fused-ring (bicyclic) bond motifs is 2. The molecule has 0 radical (unpaired) electrons. The lowest BCUT2D eigenvalue weighted by Crippen LogP contribution is -2.57. The molecule has 6 aliphatic carbocycles. The minimum Gasteiger partial charge on any atom is -0.393 e. The fraction of sp³-hybridized carbons (Fsp3) is 1.00. The van der Waals surface area contributed by atoms with Gasteiger partial charge in [-0.05, 0) is 139 Å². The van der Waals surface area contributed by atoms with Gasteiger partial charge in [0, 0.05) is 0 Å². The smallest absolute Gasteiger partial charge is 0.0594 e. The van der Waals surface area contributed by atoms with Crippen molar-refractivity contribution in [3.63, 3.8) is 0 Å². The van der Waals surface area contributed by atoms with Gasteiger partial charge in [-0.2, -0.15) is 0 Å². The molecule has 0 aliphatic heterocycles. The summed E-state index contributed by atoms with van der Waals surface area (Å²) in [6.45, 7) is 20.5. The lowest BCUT2D eigenvalue weighted by atomic mass is 9.41. The van der Waals surface area contributed by atoms with Crippen LogP contribution < -0.4 is 0 Å². The molecule has 1 N–H and O–H groups in total. The van der Waals surface area contributed by atoms with Crippen LogP contribution in [-0.4, -0.2) is 11.2 Å². The van der Waals surface area contributed by atoms with Gasteiger partial charge in [-0.25, -0.2) is 0 Å². The van der Waals surface area contributed by atoms with Crippen LogP contribution in [0.15, 0.2) is 0 Å². The quantitative estimate of drug-likeness (QED) is 0.426. The first kappa shape index (κ1) is 24.3. The second kappa shape index (κ2) is 6.88. The predicted octanol–water partition coefficient (Wildman–Crippen LogP) is 9.03. The van der Waals surface area contributed by atoms with Crippen molar-refractivity contribution in [3.8, 4) is 0 Å². The van der Waals surface area contributed by atoms with Crippen LogP contribution in [0.5, 0.6) is 0 Å². The summed E-state index contributed by atoms with van der Waals surface area (Å²) in [6.07, 6.45) is 18.3. The standard InChI is InChI=1S/C33H56O/c1-9-28(5)20-29(28,6)15-12-22(2)23-13-16-31(8)25-11-10-24-27(3,4)26(34)14-17-32(24)21-33(25,32)19-18-30(23,31)7/h22-26,34H,9-21H2,1-8H3. The first-order chi connectivity index (χ1) is 15.8. The molecule has 0 aromatic heterocycles. The normalized spacial score (nSPS) is 59.9. The van der Waals surface area contributed by atoms with E-state index in [2.05, 4.69) is 55.4 Å². The maximum Gasteiger partial charge on any atom is 0.0594 e. The van der Waals surface area contributed by atoms with E-state index in [0.717, 1.165) is 30.1 Å². The summed E-state index contributed by atoms with van der Waals surface area (Å²) in [6, 6.07) is 0. The van der Waals surface area contributed by atoms with Crippen molar-refractivity contribution in [2.75, 3.05) is 0 Å². The van der Waals surface area contributed by atoms with E-state index < -0.39 is 0 Å². The van der Waals surface area contributed by atoms with E-state index >= 15 is 0 Å². The number of aliphatic hydroxyl groups is 1. The molecule has 0 heterocycles. The van der Waals surface area contributed by atoms with Crippen molar-refractivity contribution < 1.29 is 5.11 Å². The second-order valence-electron chi connectivity index (χ2n) is 16.7. The minimum absolute atomic E-state index is 0.0821. The average molecular weight is 469 g/mol. The molecule has 0 aromatic carbocycles. The SMILES string of the molecule is CCC1(C)CC1(C)CCC(C)C1CCC2(C)C3CCC4C(C)(C)C(O)CCC45CC35CCC12C. The summed E-state index contributed by atoms with van der Waals surface area (Å²) < 4.78 is 0. The van der Waals surface area contributed by atoms with Gasteiger partial charge >= 0.3 is 0 Å². The third-order valence-electron chi connectivity index (χ3n) is 15.9. The topological polar surface area (TPSA) is 20.2 Å². The van der Waals surface area contributed by atoms with Gasteiger partial charge in [0.15, 0.2) is 0 Å². The Bertz CT molecular complexity index is 861. The summed E-state index contributed by atoms with van der Waals surface area (Å²) in [7, 11) is 0. The van der Waals surface area contributed by atoms with Crippen LogP contribution in [0.3, 0.4) is 0 Å². The van der Waals surface area contributed by atoms with Crippen molar-refractivity contribution in [1.29, 1.82) is 0 Å². The first-order valence-corrected chi connectivity index (χ1v) is 15.4. The van der Waals surface area contributed by atoms with Crippen LogP contribution in [0.2, 0.25) is 0 Å². The van der Waals surface area contributed by atoms with E-state index in [0.29, 0.717) is 32.5 Å². The predicted molar refractivity (Wildman–Crippen MR) is 142 cm³/mol. The van der Waals surface area contributed by atoms with Gasteiger partial charge in [-0.15, -0.1) is 0 Å².